The molecular weight excluding hydrogens is 296 g/mol. The lowest BCUT2D eigenvalue weighted by atomic mass is 10.1. The standard InChI is InChI=1S/C13H18N2O5S/c1-19-9-5-6-10(21(14,17)18)12(20-2)11(9)13(16)15-7-8-3-4-8/h5-6,8H,3-4,7H2,1-2H3,(H,15,16)(H2,14,17,18). The predicted molar refractivity (Wildman–Crippen MR) is 76.0 cm³/mol. The van der Waals surface area contributed by atoms with Crippen molar-refractivity contribution in [3.05, 3.63) is 17.7 Å². The van der Waals surface area contributed by atoms with Gasteiger partial charge in [0.05, 0.1) is 14.2 Å². The second kappa shape index (κ2) is 5.90. The smallest absolute Gasteiger partial charge is 0.258 e. The molecule has 2 rings (SSSR count). The van der Waals surface area contributed by atoms with Crippen LogP contribution in [0.1, 0.15) is 23.2 Å². The number of methoxy groups -OCH3 is 2. The molecule has 0 saturated heterocycles. The Hall–Kier alpha value is -1.80. The van der Waals surface area contributed by atoms with Crippen LogP contribution in [-0.4, -0.2) is 35.1 Å². The van der Waals surface area contributed by atoms with Crippen molar-refractivity contribution in [2.45, 2.75) is 17.7 Å². The normalized spacial score (nSPS) is 14.6. The van der Waals surface area contributed by atoms with Gasteiger partial charge < -0.3 is 14.8 Å². The van der Waals surface area contributed by atoms with Gasteiger partial charge in [-0.1, -0.05) is 0 Å². The average molecular weight is 314 g/mol. The Morgan fingerprint density at radius 2 is 2.00 bits per heavy atom. The Bertz CT molecular complexity index is 653. The highest BCUT2D eigenvalue weighted by molar-refractivity contribution is 7.89. The molecule has 1 aliphatic carbocycles. The van der Waals surface area contributed by atoms with E-state index in [4.69, 9.17) is 14.6 Å². The molecule has 1 amide bonds. The van der Waals surface area contributed by atoms with E-state index in [-0.39, 0.29) is 22.0 Å². The Labute approximate surface area is 123 Å². The average Bonchev–Trinajstić information content (AvgIpc) is 3.26. The maximum Gasteiger partial charge on any atom is 0.258 e. The van der Waals surface area contributed by atoms with Crippen LogP contribution in [0.2, 0.25) is 0 Å². The number of ether oxygens (including phenoxy) is 2. The number of sulfonamides is 1. The van der Waals surface area contributed by atoms with Gasteiger partial charge >= 0.3 is 0 Å². The maximum absolute atomic E-state index is 12.3. The third kappa shape index (κ3) is 3.45. The first-order valence-electron chi connectivity index (χ1n) is 6.44. The van der Waals surface area contributed by atoms with Crippen LogP contribution in [0, 0.1) is 5.92 Å². The van der Waals surface area contributed by atoms with Crippen LogP contribution in [-0.2, 0) is 10.0 Å². The Balaban J connectivity index is 2.46. The number of nitrogens with two attached hydrogens (primary N) is 1. The van der Waals surface area contributed by atoms with Crippen LogP contribution >= 0.6 is 0 Å². The summed E-state index contributed by atoms with van der Waals surface area (Å²) in [5.41, 5.74) is 0.0344. The quantitative estimate of drug-likeness (QED) is 0.794. The van der Waals surface area contributed by atoms with E-state index in [1.54, 1.807) is 0 Å². The van der Waals surface area contributed by atoms with E-state index in [1.807, 2.05) is 0 Å². The molecule has 21 heavy (non-hydrogen) atoms. The minimum Gasteiger partial charge on any atom is -0.496 e. The largest absolute Gasteiger partial charge is 0.496 e. The van der Waals surface area contributed by atoms with Crippen molar-refractivity contribution in [3.8, 4) is 11.5 Å². The molecule has 7 nitrogen and oxygen atoms in total. The van der Waals surface area contributed by atoms with E-state index in [0.717, 1.165) is 12.8 Å². The van der Waals surface area contributed by atoms with Crippen molar-refractivity contribution >= 4 is 15.9 Å². The molecule has 1 fully saturated rings. The van der Waals surface area contributed by atoms with E-state index in [1.165, 1.54) is 26.4 Å². The van der Waals surface area contributed by atoms with Crippen molar-refractivity contribution in [3.63, 3.8) is 0 Å². The van der Waals surface area contributed by atoms with Crippen LogP contribution < -0.4 is 19.9 Å². The van der Waals surface area contributed by atoms with Crippen LogP contribution in [0.15, 0.2) is 17.0 Å². The van der Waals surface area contributed by atoms with Crippen molar-refractivity contribution in [2.75, 3.05) is 20.8 Å². The summed E-state index contributed by atoms with van der Waals surface area (Å²) in [6.45, 7) is 0.546. The molecule has 3 N–H and O–H groups in total. The van der Waals surface area contributed by atoms with Gasteiger partial charge in [0.25, 0.3) is 5.91 Å². The maximum atomic E-state index is 12.3. The number of nitrogens with one attached hydrogen (secondary N) is 1. The molecule has 0 atom stereocenters. The third-order valence-corrected chi connectivity index (χ3v) is 4.22. The number of carbonyl (C=O) groups is 1. The molecular formula is C13H18N2O5S. The lowest BCUT2D eigenvalue weighted by Crippen LogP contribution is -2.27. The highest BCUT2D eigenvalue weighted by atomic mass is 32.2. The first kappa shape index (κ1) is 15.6. The van der Waals surface area contributed by atoms with Gasteiger partial charge in [0.15, 0.2) is 5.75 Å². The van der Waals surface area contributed by atoms with E-state index >= 15 is 0 Å². The SMILES string of the molecule is COc1ccc(S(N)(=O)=O)c(OC)c1C(=O)NCC1CC1. The first-order valence-corrected chi connectivity index (χ1v) is 7.99. The molecule has 0 unspecified atom stereocenters. The van der Waals surface area contributed by atoms with Crippen molar-refractivity contribution in [2.24, 2.45) is 11.1 Å². The Morgan fingerprint density at radius 3 is 2.48 bits per heavy atom. The fourth-order valence-corrected chi connectivity index (χ4v) is 2.71. The molecule has 1 aliphatic rings. The fraction of sp³-hybridized carbons (Fsp3) is 0.462. The number of rotatable bonds is 6. The summed E-state index contributed by atoms with van der Waals surface area (Å²) in [7, 11) is -1.34. The number of benzene rings is 1. The molecule has 0 radical (unpaired) electrons. The lowest BCUT2D eigenvalue weighted by molar-refractivity contribution is 0.0945. The molecule has 1 saturated carbocycles. The first-order chi connectivity index (χ1) is 9.88. The molecule has 0 aromatic heterocycles. The molecule has 0 aliphatic heterocycles. The zero-order valence-corrected chi connectivity index (χ0v) is 12.7. The van der Waals surface area contributed by atoms with E-state index in [0.29, 0.717) is 12.5 Å². The minimum absolute atomic E-state index is 0.0344. The summed E-state index contributed by atoms with van der Waals surface area (Å²) in [6.07, 6.45) is 2.18. The summed E-state index contributed by atoms with van der Waals surface area (Å²) < 4.78 is 33.4. The second-order valence-electron chi connectivity index (χ2n) is 4.87. The zero-order chi connectivity index (χ0) is 15.6. The van der Waals surface area contributed by atoms with E-state index < -0.39 is 15.9 Å². The number of primary sulfonamides is 1. The van der Waals surface area contributed by atoms with E-state index in [9.17, 15) is 13.2 Å². The zero-order valence-electron chi connectivity index (χ0n) is 11.9. The summed E-state index contributed by atoms with van der Waals surface area (Å²) >= 11 is 0. The molecule has 8 heteroatoms. The summed E-state index contributed by atoms with van der Waals surface area (Å²) in [5.74, 6) is 0.172. The van der Waals surface area contributed by atoms with Crippen LogP contribution in [0.5, 0.6) is 11.5 Å². The molecule has 116 valence electrons. The number of carbonyl (C=O) groups excluding carboxylic acids is 1. The van der Waals surface area contributed by atoms with Gasteiger partial charge in [0, 0.05) is 6.54 Å². The van der Waals surface area contributed by atoms with Gasteiger partial charge in [-0.2, -0.15) is 0 Å². The molecule has 0 bridgehead atoms. The van der Waals surface area contributed by atoms with Crippen molar-refractivity contribution in [1.82, 2.24) is 5.32 Å². The monoisotopic (exact) mass is 314 g/mol. The molecule has 1 aromatic carbocycles. The van der Waals surface area contributed by atoms with Crippen molar-refractivity contribution in [1.29, 1.82) is 0 Å². The fourth-order valence-electron chi connectivity index (χ4n) is 2.00. The van der Waals surface area contributed by atoms with Crippen LogP contribution in [0.25, 0.3) is 0 Å². The predicted octanol–water partition coefficient (Wildman–Crippen LogP) is 0.491. The van der Waals surface area contributed by atoms with Crippen LogP contribution in [0.3, 0.4) is 0 Å². The highest BCUT2D eigenvalue weighted by Crippen LogP contribution is 2.35. The number of amides is 1. The van der Waals surface area contributed by atoms with E-state index in [2.05, 4.69) is 5.32 Å². The minimum atomic E-state index is -4.01. The molecule has 0 heterocycles. The van der Waals surface area contributed by atoms with Gasteiger partial charge in [-0.15, -0.1) is 0 Å². The highest BCUT2D eigenvalue weighted by Gasteiger charge is 2.28. The lowest BCUT2D eigenvalue weighted by Gasteiger charge is -2.15. The Kier molecular flexibility index (Phi) is 4.38. The summed E-state index contributed by atoms with van der Waals surface area (Å²) in [4.78, 5) is 12.1. The second-order valence-corrected chi connectivity index (χ2v) is 6.40. The molecule has 0 spiro atoms. The van der Waals surface area contributed by atoms with Gasteiger partial charge in [-0.05, 0) is 30.9 Å². The van der Waals surface area contributed by atoms with Gasteiger partial charge in [0.2, 0.25) is 10.0 Å². The number of hydrogen-bond donors (Lipinski definition) is 2. The van der Waals surface area contributed by atoms with Crippen LogP contribution in [0.4, 0.5) is 0 Å². The van der Waals surface area contributed by atoms with Gasteiger partial charge in [-0.3, -0.25) is 4.79 Å². The molecule has 1 aromatic rings. The third-order valence-electron chi connectivity index (χ3n) is 3.29. The summed E-state index contributed by atoms with van der Waals surface area (Å²) in [5, 5.41) is 7.90. The summed E-state index contributed by atoms with van der Waals surface area (Å²) in [6, 6.07) is 2.64. The topological polar surface area (TPSA) is 108 Å². The number of hydrogen-bond acceptors (Lipinski definition) is 5. The van der Waals surface area contributed by atoms with Gasteiger partial charge in [0.1, 0.15) is 16.2 Å². The Morgan fingerprint density at radius 1 is 1.33 bits per heavy atom. The van der Waals surface area contributed by atoms with Crippen molar-refractivity contribution < 1.29 is 22.7 Å². The van der Waals surface area contributed by atoms with Gasteiger partial charge in [-0.25, -0.2) is 13.6 Å².